The molecule has 0 bridgehead atoms. The number of carbonyl (C=O) groups excluding carboxylic acids is 2. The molecule has 134 valence electrons. The Balaban J connectivity index is 1.67. The molecular weight excluding hydrogens is 346 g/mol. The van der Waals surface area contributed by atoms with Crippen molar-refractivity contribution in [1.29, 1.82) is 0 Å². The first-order valence-electron chi connectivity index (χ1n) is 8.63. The van der Waals surface area contributed by atoms with Crippen molar-refractivity contribution in [3.8, 4) is 10.6 Å². The Kier molecular flexibility index (Phi) is 5.63. The zero-order valence-electron chi connectivity index (χ0n) is 14.8. The van der Waals surface area contributed by atoms with E-state index in [2.05, 4.69) is 34.7 Å². The van der Waals surface area contributed by atoms with Crippen LogP contribution in [0, 0.1) is 6.92 Å². The molecule has 0 aliphatic carbocycles. The van der Waals surface area contributed by atoms with E-state index in [4.69, 9.17) is 0 Å². The molecule has 5 nitrogen and oxygen atoms in total. The number of aryl methyl sites for hydroxylation is 1. The SMILES string of the molecule is CCCCNC(=O)C(=O)Nc1ccc(-c2nc3ccc(C)cc3s2)cc1. The zero-order chi connectivity index (χ0) is 18.5. The Morgan fingerprint density at radius 1 is 1.08 bits per heavy atom. The number of carbonyl (C=O) groups is 2. The van der Waals surface area contributed by atoms with E-state index in [1.807, 2.05) is 25.1 Å². The minimum absolute atomic E-state index is 0.513. The van der Waals surface area contributed by atoms with Gasteiger partial charge in [0.1, 0.15) is 5.01 Å². The van der Waals surface area contributed by atoms with Crippen molar-refractivity contribution in [2.45, 2.75) is 26.7 Å². The van der Waals surface area contributed by atoms with E-state index in [-0.39, 0.29) is 0 Å². The van der Waals surface area contributed by atoms with Crippen LogP contribution in [0.3, 0.4) is 0 Å². The fourth-order valence-corrected chi connectivity index (χ4v) is 3.57. The van der Waals surface area contributed by atoms with E-state index >= 15 is 0 Å². The van der Waals surface area contributed by atoms with Gasteiger partial charge in [-0.25, -0.2) is 4.98 Å². The van der Waals surface area contributed by atoms with Crippen LogP contribution in [0.2, 0.25) is 0 Å². The van der Waals surface area contributed by atoms with Crippen molar-refractivity contribution < 1.29 is 9.59 Å². The van der Waals surface area contributed by atoms with E-state index in [0.717, 1.165) is 33.6 Å². The molecule has 26 heavy (non-hydrogen) atoms. The van der Waals surface area contributed by atoms with Crippen molar-refractivity contribution >= 4 is 39.1 Å². The van der Waals surface area contributed by atoms with Gasteiger partial charge in [0.05, 0.1) is 10.2 Å². The van der Waals surface area contributed by atoms with Crippen molar-refractivity contribution in [1.82, 2.24) is 10.3 Å². The van der Waals surface area contributed by atoms with Crippen LogP contribution < -0.4 is 10.6 Å². The van der Waals surface area contributed by atoms with Gasteiger partial charge in [-0.3, -0.25) is 9.59 Å². The lowest BCUT2D eigenvalue weighted by atomic mass is 10.2. The third-order valence-corrected chi connectivity index (χ3v) is 5.02. The van der Waals surface area contributed by atoms with Gasteiger partial charge in [-0.1, -0.05) is 19.4 Å². The predicted molar refractivity (Wildman–Crippen MR) is 106 cm³/mol. The lowest BCUT2D eigenvalue weighted by molar-refractivity contribution is -0.136. The average molecular weight is 367 g/mol. The van der Waals surface area contributed by atoms with Crippen molar-refractivity contribution in [3.05, 3.63) is 48.0 Å². The molecule has 2 N–H and O–H groups in total. The second-order valence-electron chi connectivity index (χ2n) is 6.13. The monoisotopic (exact) mass is 367 g/mol. The van der Waals surface area contributed by atoms with Gasteiger partial charge < -0.3 is 10.6 Å². The number of amides is 2. The zero-order valence-corrected chi connectivity index (χ0v) is 15.7. The molecular formula is C20H21N3O2S. The third-order valence-electron chi connectivity index (χ3n) is 3.96. The van der Waals surface area contributed by atoms with Crippen molar-refractivity contribution in [2.75, 3.05) is 11.9 Å². The summed E-state index contributed by atoms with van der Waals surface area (Å²) < 4.78 is 1.15. The second-order valence-corrected chi connectivity index (χ2v) is 7.16. The molecule has 0 saturated carbocycles. The summed E-state index contributed by atoms with van der Waals surface area (Å²) in [5, 5.41) is 6.15. The number of hydrogen-bond acceptors (Lipinski definition) is 4. The third kappa shape index (κ3) is 4.26. The summed E-state index contributed by atoms with van der Waals surface area (Å²) in [7, 11) is 0. The van der Waals surface area contributed by atoms with Crippen LogP contribution in [0.1, 0.15) is 25.3 Å². The van der Waals surface area contributed by atoms with Crippen LogP contribution >= 0.6 is 11.3 Å². The molecule has 2 aromatic carbocycles. The maximum atomic E-state index is 11.9. The number of rotatable bonds is 5. The summed E-state index contributed by atoms with van der Waals surface area (Å²) in [6, 6.07) is 13.6. The first kappa shape index (κ1) is 18.1. The van der Waals surface area contributed by atoms with Crippen LogP contribution in [0.5, 0.6) is 0 Å². The maximum Gasteiger partial charge on any atom is 0.313 e. The number of anilines is 1. The topological polar surface area (TPSA) is 71.1 Å². The summed E-state index contributed by atoms with van der Waals surface area (Å²) in [4.78, 5) is 28.2. The molecule has 0 saturated heterocycles. The minimum atomic E-state index is -0.649. The molecule has 0 fully saturated rings. The standard InChI is InChI=1S/C20H21N3O2S/c1-3-4-11-21-18(24)19(25)22-15-8-6-14(7-9-15)20-23-16-10-5-13(2)12-17(16)26-20/h5-10,12H,3-4,11H2,1-2H3,(H,21,24)(H,22,25). The smallest absolute Gasteiger partial charge is 0.313 e. The van der Waals surface area contributed by atoms with Crippen molar-refractivity contribution in [2.24, 2.45) is 0 Å². The van der Waals surface area contributed by atoms with Gasteiger partial charge in [-0.05, 0) is 55.3 Å². The van der Waals surface area contributed by atoms with Crippen LogP contribution in [0.25, 0.3) is 20.8 Å². The highest BCUT2D eigenvalue weighted by Crippen LogP contribution is 2.31. The molecule has 1 aromatic heterocycles. The fourth-order valence-electron chi connectivity index (χ4n) is 2.50. The van der Waals surface area contributed by atoms with Crippen LogP contribution in [0.15, 0.2) is 42.5 Å². The molecule has 0 atom stereocenters. The summed E-state index contributed by atoms with van der Waals surface area (Å²) >= 11 is 1.64. The first-order valence-corrected chi connectivity index (χ1v) is 9.45. The highest BCUT2D eigenvalue weighted by Gasteiger charge is 2.13. The maximum absolute atomic E-state index is 11.9. The summed E-state index contributed by atoms with van der Waals surface area (Å²) in [6.07, 6.45) is 1.82. The first-order chi connectivity index (χ1) is 12.6. The van der Waals surface area contributed by atoms with Crippen LogP contribution in [-0.4, -0.2) is 23.3 Å². The summed E-state index contributed by atoms with van der Waals surface area (Å²) in [5.74, 6) is -1.26. The van der Waals surface area contributed by atoms with Gasteiger partial charge in [0, 0.05) is 17.8 Å². The highest BCUT2D eigenvalue weighted by atomic mass is 32.1. The quantitative estimate of drug-likeness (QED) is 0.526. The minimum Gasteiger partial charge on any atom is -0.348 e. The number of thiazole rings is 1. The Morgan fingerprint density at radius 2 is 1.85 bits per heavy atom. The predicted octanol–water partition coefficient (Wildman–Crippen LogP) is 4.13. The number of hydrogen-bond donors (Lipinski definition) is 2. The number of nitrogens with zero attached hydrogens (tertiary/aromatic N) is 1. The van der Waals surface area contributed by atoms with Crippen LogP contribution in [0.4, 0.5) is 5.69 Å². The molecule has 0 radical (unpaired) electrons. The number of aromatic nitrogens is 1. The number of unbranched alkanes of at least 4 members (excludes halogenated alkanes) is 1. The van der Waals surface area contributed by atoms with Gasteiger partial charge in [0.2, 0.25) is 0 Å². The van der Waals surface area contributed by atoms with E-state index < -0.39 is 11.8 Å². The Hall–Kier alpha value is -2.73. The Bertz CT molecular complexity index is 932. The van der Waals surface area contributed by atoms with E-state index in [9.17, 15) is 9.59 Å². The molecule has 0 unspecified atom stereocenters. The highest BCUT2D eigenvalue weighted by molar-refractivity contribution is 7.21. The molecule has 1 heterocycles. The number of nitrogens with one attached hydrogen (secondary N) is 2. The Labute approximate surface area is 156 Å². The molecule has 3 rings (SSSR count). The van der Waals surface area contributed by atoms with Crippen LogP contribution in [-0.2, 0) is 9.59 Å². The van der Waals surface area contributed by atoms with E-state index in [0.29, 0.717) is 12.2 Å². The second kappa shape index (κ2) is 8.10. The van der Waals surface area contributed by atoms with Gasteiger partial charge in [0.25, 0.3) is 0 Å². The van der Waals surface area contributed by atoms with E-state index in [1.165, 1.54) is 5.56 Å². The molecule has 3 aromatic rings. The molecule has 0 aliphatic heterocycles. The lowest BCUT2D eigenvalue weighted by Crippen LogP contribution is -2.35. The summed E-state index contributed by atoms with van der Waals surface area (Å²) in [5.41, 5.74) is 3.76. The average Bonchev–Trinajstić information content (AvgIpc) is 3.05. The molecule has 0 aliphatic rings. The molecule has 6 heteroatoms. The van der Waals surface area contributed by atoms with Gasteiger partial charge in [0.15, 0.2) is 0 Å². The lowest BCUT2D eigenvalue weighted by Gasteiger charge is -2.06. The molecule has 0 spiro atoms. The van der Waals surface area contributed by atoms with Crippen molar-refractivity contribution in [3.63, 3.8) is 0 Å². The summed E-state index contributed by atoms with van der Waals surface area (Å²) in [6.45, 7) is 4.61. The fraction of sp³-hybridized carbons (Fsp3) is 0.250. The number of fused-ring (bicyclic) bond motifs is 1. The van der Waals surface area contributed by atoms with E-state index in [1.54, 1.807) is 23.5 Å². The number of benzene rings is 2. The van der Waals surface area contributed by atoms with Gasteiger partial charge >= 0.3 is 11.8 Å². The Morgan fingerprint density at radius 3 is 2.58 bits per heavy atom. The normalized spacial score (nSPS) is 10.7. The van der Waals surface area contributed by atoms with Gasteiger partial charge in [-0.15, -0.1) is 11.3 Å². The van der Waals surface area contributed by atoms with Gasteiger partial charge in [-0.2, -0.15) is 0 Å². The largest absolute Gasteiger partial charge is 0.348 e. The molecule has 2 amide bonds.